The molecule has 7 heavy (non-hydrogen) atoms. The molecule has 1 heterocycles. The summed E-state index contributed by atoms with van der Waals surface area (Å²) < 4.78 is 0. The third-order valence-corrected chi connectivity index (χ3v) is 1.12. The standard InChI is InChI=1S/C3H3N2OS/c6-3-1-7-2-4-5-3/h1H2,(H,5,6). The molecule has 0 saturated heterocycles. The first-order valence-electron chi connectivity index (χ1n) is 1.75. The van der Waals surface area contributed by atoms with Crippen molar-refractivity contribution < 1.29 is 4.79 Å². The van der Waals surface area contributed by atoms with E-state index in [0.29, 0.717) is 5.75 Å². The SMILES string of the molecule is O=C1CS[C]=NN1. The normalized spacial score (nSPS) is 19.1. The number of rotatable bonds is 0. The van der Waals surface area contributed by atoms with Crippen LogP contribution in [0, 0.1) is 0 Å². The Balaban J connectivity index is 2.47. The Morgan fingerprint density at radius 1 is 2.00 bits per heavy atom. The molecular formula is C3H3N2OS. The lowest BCUT2D eigenvalue weighted by molar-refractivity contribution is -0.118. The van der Waals surface area contributed by atoms with Gasteiger partial charge in [0.05, 0.1) is 5.75 Å². The average Bonchev–Trinajstić information content (AvgIpc) is 1.69. The van der Waals surface area contributed by atoms with Gasteiger partial charge < -0.3 is 0 Å². The minimum absolute atomic E-state index is 0.0521. The summed E-state index contributed by atoms with van der Waals surface area (Å²) in [5.41, 5.74) is 4.76. The first-order chi connectivity index (χ1) is 3.39. The largest absolute Gasteiger partial charge is 0.272 e. The molecule has 1 aliphatic rings. The van der Waals surface area contributed by atoms with Crippen LogP contribution in [0.5, 0.6) is 0 Å². The van der Waals surface area contributed by atoms with Gasteiger partial charge in [-0.2, -0.15) is 5.10 Å². The number of carbonyl (C=O) groups is 1. The zero-order valence-electron chi connectivity index (χ0n) is 3.47. The van der Waals surface area contributed by atoms with Gasteiger partial charge in [-0.15, -0.1) is 0 Å². The van der Waals surface area contributed by atoms with Gasteiger partial charge in [-0.05, 0) is 0 Å². The lowest BCUT2D eigenvalue weighted by Gasteiger charge is -1.98. The van der Waals surface area contributed by atoms with Crippen LogP contribution in [0.1, 0.15) is 0 Å². The highest BCUT2D eigenvalue weighted by atomic mass is 32.2. The van der Waals surface area contributed by atoms with E-state index >= 15 is 0 Å². The van der Waals surface area contributed by atoms with E-state index in [1.165, 1.54) is 11.8 Å². The van der Waals surface area contributed by atoms with Gasteiger partial charge in [0.1, 0.15) is 0 Å². The molecule has 3 nitrogen and oxygen atoms in total. The Kier molecular flexibility index (Phi) is 1.31. The molecule has 0 fully saturated rings. The molecule has 1 N–H and O–H groups in total. The fourth-order valence-corrected chi connectivity index (χ4v) is 0.618. The zero-order chi connectivity index (χ0) is 5.11. The van der Waals surface area contributed by atoms with Crippen LogP contribution in [0.4, 0.5) is 0 Å². The van der Waals surface area contributed by atoms with E-state index in [1.807, 2.05) is 0 Å². The fourth-order valence-electron chi connectivity index (χ4n) is 0.248. The van der Waals surface area contributed by atoms with Gasteiger partial charge in [0, 0.05) is 0 Å². The lowest BCUT2D eigenvalue weighted by atomic mass is 10.7. The van der Waals surface area contributed by atoms with E-state index in [4.69, 9.17) is 0 Å². The van der Waals surface area contributed by atoms with Crippen molar-refractivity contribution in [2.75, 3.05) is 5.75 Å². The second kappa shape index (κ2) is 1.97. The molecule has 0 aromatic rings. The maximum atomic E-state index is 10.2. The van der Waals surface area contributed by atoms with Gasteiger partial charge >= 0.3 is 0 Å². The number of amides is 1. The summed E-state index contributed by atoms with van der Waals surface area (Å²) in [7, 11) is 0. The smallest absolute Gasteiger partial charge is 0.250 e. The molecule has 1 amide bonds. The van der Waals surface area contributed by atoms with Crippen molar-refractivity contribution in [3.05, 3.63) is 0 Å². The molecule has 1 radical (unpaired) electrons. The van der Waals surface area contributed by atoms with E-state index in [-0.39, 0.29) is 5.91 Å². The van der Waals surface area contributed by atoms with Crippen LogP contribution in [0.3, 0.4) is 0 Å². The lowest BCUT2D eigenvalue weighted by Crippen LogP contribution is -2.22. The molecule has 0 saturated carbocycles. The summed E-state index contributed by atoms with van der Waals surface area (Å²) >= 11 is 1.27. The zero-order valence-corrected chi connectivity index (χ0v) is 4.29. The second-order valence-corrected chi connectivity index (χ2v) is 1.79. The van der Waals surface area contributed by atoms with Crippen molar-refractivity contribution in [1.29, 1.82) is 0 Å². The molecule has 37 valence electrons. The predicted octanol–water partition coefficient (Wildman–Crippen LogP) is -0.330. The van der Waals surface area contributed by atoms with Crippen LogP contribution in [0.15, 0.2) is 5.10 Å². The minimum atomic E-state index is -0.0521. The summed E-state index contributed by atoms with van der Waals surface area (Å²) in [6.07, 6.45) is 0. The van der Waals surface area contributed by atoms with Crippen molar-refractivity contribution in [2.45, 2.75) is 0 Å². The van der Waals surface area contributed by atoms with E-state index in [9.17, 15) is 4.79 Å². The van der Waals surface area contributed by atoms with Crippen LogP contribution in [-0.4, -0.2) is 17.2 Å². The highest BCUT2D eigenvalue weighted by molar-refractivity contribution is 8.12. The molecular weight excluding hydrogens is 112 g/mol. The Morgan fingerprint density at radius 3 is 3.14 bits per heavy atom. The third kappa shape index (κ3) is 1.19. The van der Waals surface area contributed by atoms with E-state index < -0.39 is 0 Å². The van der Waals surface area contributed by atoms with Gasteiger partial charge in [-0.25, -0.2) is 5.43 Å². The topological polar surface area (TPSA) is 41.5 Å². The number of nitrogens with zero attached hydrogens (tertiary/aromatic N) is 1. The quantitative estimate of drug-likeness (QED) is 0.469. The summed E-state index contributed by atoms with van der Waals surface area (Å²) in [5, 5.41) is 3.37. The van der Waals surface area contributed by atoms with Crippen molar-refractivity contribution in [3.63, 3.8) is 0 Å². The predicted molar refractivity (Wildman–Crippen MR) is 28.0 cm³/mol. The number of nitrogens with one attached hydrogen (secondary N) is 1. The number of hydrogen-bond donors (Lipinski definition) is 1. The van der Waals surface area contributed by atoms with Crippen molar-refractivity contribution in [3.8, 4) is 0 Å². The first-order valence-corrected chi connectivity index (χ1v) is 2.73. The third-order valence-electron chi connectivity index (χ3n) is 0.494. The number of thioether (sulfide) groups is 1. The van der Waals surface area contributed by atoms with Crippen LogP contribution in [0.25, 0.3) is 0 Å². The Labute approximate surface area is 45.2 Å². The van der Waals surface area contributed by atoms with Crippen molar-refractivity contribution in [2.24, 2.45) is 5.10 Å². The number of hydrogen-bond acceptors (Lipinski definition) is 3. The van der Waals surface area contributed by atoms with Gasteiger partial charge in [0.15, 0.2) is 5.55 Å². The van der Waals surface area contributed by atoms with E-state index in [2.05, 4.69) is 16.1 Å². The molecule has 0 aromatic heterocycles. The average molecular weight is 115 g/mol. The Morgan fingerprint density at radius 2 is 2.86 bits per heavy atom. The number of hydrazone groups is 1. The molecule has 1 rings (SSSR count). The maximum absolute atomic E-state index is 10.2. The molecule has 0 aliphatic carbocycles. The van der Waals surface area contributed by atoms with E-state index in [1.54, 1.807) is 0 Å². The van der Waals surface area contributed by atoms with Gasteiger partial charge in [0.25, 0.3) is 5.91 Å². The van der Waals surface area contributed by atoms with Gasteiger partial charge in [-0.1, -0.05) is 11.8 Å². The van der Waals surface area contributed by atoms with Crippen molar-refractivity contribution in [1.82, 2.24) is 5.43 Å². The highest BCUT2D eigenvalue weighted by Gasteiger charge is 2.01. The summed E-state index contributed by atoms with van der Waals surface area (Å²) in [6, 6.07) is 0. The number of carbonyl (C=O) groups excluding carboxylic acids is 1. The maximum Gasteiger partial charge on any atom is 0.250 e. The fraction of sp³-hybridized carbons (Fsp3) is 0.333. The highest BCUT2D eigenvalue weighted by Crippen LogP contribution is 1.96. The Bertz CT molecular complexity index is 112. The molecule has 1 aliphatic heterocycles. The van der Waals surface area contributed by atoms with Gasteiger partial charge in [-0.3, -0.25) is 4.79 Å². The molecule has 0 bridgehead atoms. The Hall–Kier alpha value is -0.510. The minimum Gasteiger partial charge on any atom is -0.272 e. The summed E-state index contributed by atoms with van der Waals surface area (Å²) in [4.78, 5) is 10.2. The molecule has 0 unspecified atom stereocenters. The molecule has 4 heteroatoms. The summed E-state index contributed by atoms with van der Waals surface area (Å²) in [6.45, 7) is 0. The van der Waals surface area contributed by atoms with Crippen LogP contribution < -0.4 is 5.43 Å². The monoisotopic (exact) mass is 115 g/mol. The first kappa shape index (κ1) is 4.64. The van der Waals surface area contributed by atoms with Crippen LogP contribution >= 0.6 is 11.8 Å². The van der Waals surface area contributed by atoms with E-state index in [0.717, 1.165) is 0 Å². The molecule has 0 spiro atoms. The van der Waals surface area contributed by atoms with Gasteiger partial charge in [0.2, 0.25) is 0 Å². The molecule has 0 atom stereocenters. The van der Waals surface area contributed by atoms with Crippen molar-refractivity contribution >= 4 is 23.2 Å². The van der Waals surface area contributed by atoms with Crippen LogP contribution in [0.2, 0.25) is 0 Å². The summed E-state index contributed by atoms with van der Waals surface area (Å²) in [5.74, 6) is 0.396. The second-order valence-electron chi connectivity index (χ2n) is 1.03. The van der Waals surface area contributed by atoms with Crippen LogP contribution in [-0.2, 0) is 4.79 Å². The molecule has 0 aromatic carbocycles.